The number of methoxy groups -OCH3 is 1. The first-order valence-corrected chi connectivity index (χ1v) is 5.90. The van der Waals surface area contributed by atoms with E-state index in [1.165, 1.54) is 20.1 Å². The van der Waals surface area contributed by atoms with Gasteiger partial charge in [-0.3, -0.25) is 9.59 Å². The Morgan fingerprint density at radius 3 is 2.47 bits per heavy atom. The molecule has 1 amide bonds. The zero-order valence-corrected chi connectivity index (χ0v) is 11.5. The zero-order chi connectivity index (χ0) is 14.6. The average Bonchev–Trinajstić information content (AvgIpc) is 2.35. The molecule has 104 valence electrons. The molecule has 0 heterocycles. The number of nitrogens with one attached hydrogen (secondary N) is 1. The minimum atomic E-state index is -0.637. The molecule has 19 heavy (non-hydrogen) atoms. The molecule has 0 saturated carbocycles. The highest BCUT2D eigenvalue weighted by molar-refractivity contribution is 6.35. The molecular weight excluding hydrogens is 249 g/mol. The van der Waals surface area contributed by atoms with Crippen molar-refractivity contribution in [3.63, 3.8) is 0 Å². The van der Waals surface area contributed by atoms with Crippen LogP contribution in [0.2, 0.25) is 0 Å². The van der Waals surface area contributed by atoms with Crippen LogP contribution in [0, 0.1) is 5.82 Å². The lowest BCUT2D eigenvalue weighted by Gasteiger charge is -2.25. The van der Waals surface area contributed by atoms with Crippen molar-refractivity contribution >= 4 is 11.7 Å². The standard InChI is InChI=1S/C14H18FNO3/c1-9(17)13(18)16-8-14(2,3)10-5-6-12(19-4)11(15)7-10/h5-7H,8H2,1-4H3,(H,16,18). The summed E-state index contributed by atoms with van der Waals surface area (Å²) < 4.78 is 18.5. The van der Waals surface area contributed by atoms with Gasteiger partial charge >= 0.3 is 0 Å². The van der Waals surface area contributed by atoms with Gasteiger partial charge in [-0.15, -0.1) is 0 Å². The molecule has 0 unspecified atom stereocenters. The smallest absolute Gasteiger partial charge is 0.287 e. The molecule has 4 nitrogen and oxygen atoms in total. The van der Waals surface area contributed by atoms with Gasteiger partial charge in [0.1, 0.15) is 0 Å². The lowest BCUT2D eigenvalue weighted by molar-refractivity contribution is -0.136. The molecule has 1 aromatic carbocycles. The SMILES string of the molecule is COc1ccc(C(C)(C)CNC(=O)C(C)=O)cc1F. The second kappa shape index (κ2) is 5.82. The second-order valence-electron chi connectivity index (χ2n) is 4.97. The van der Waals surface area contributed by atoms with E-state index in [0.717, 1.165) is 5.56 Å². The Labute approximate surface area is 112 Å². The Balaban J connectivity index is 2.85. The van der Waals surface area contributed by atoms with Crippen molar-refractivity contribution in [2.45, 2.75) is 26.2 Å². The molecule has 0 aliphatic heterocycles. The molecule has 0 aliphatic rings. The van der Waals surface area contributed by atoms with Gasteiger partial charge in [0.15, 0.2) is 11.6 Å². The van der Waals surface area contributed by atoms with E-state index in [2.05, 4.69) is 5.32 Å². The van der Waals surface area contributed by atoms with E-state index in [9.17, 15) is 14.0 Å². The molecule has 5 heteroatoms. The number of Topliss-reactive ketones (excluding diaryl/α,β-unsaturated/α-hetero) is 1. The fourth-order valence-electron chi connectivity index (χ4n) is 1.62. The van der Waals surface area contributed by atoms with Gasteiger partial charge in [0.05, 0.1) is 7.11 Å². The Morgan fingerprint density at radius 2 is 2.00 bits per heavy atom. The summed E-state index contributed by atoms with van der Waals surface area (Å²) in [5, 5.41) is 2.53. The maximum atomic E-state index is 13.6. The Hall–Kier alpha value is -1.91. The van der Waals surface area contributed by atoms with Gasteiger partial charge in [0.25, 0.3) is 5.91 Å². The van der Waals surface area contributed by atoms with Crippen LogP contribution in [0.25, 0.3) is 0 Å². The molecule has 0 fully saturated rings. The summed E-state index contributed by atoms with van der Waals surface area (Å²) in [6.07, 6.45) is 0. The van der Waals surface area contributed by atoms with Gasteiger partial charge in [-0.05, 0) is 17.7 Å². The molecule has 0 radical (unpaired) electrons. The summed E-state index contributed by atoms with van der Waals surface area (Å²) >= 11 is 0. The quantitative estimate of drug-likeness (QED) is 0.828. The molecule has 1 N–H and O–H groups in total. The third kappa shape index (κ3) is 3.77. The third-order valence-electron chi connectivity index (χ3n) is 2.94. The molecule has 0 aliphatic carbocycles. The van der Waals surface area contributed by atoms with E-state index < -0.39 is 22.9 Å². The number of benzene rings is 1. The molecule has 0 bridgehead atoms. The minimum absolute atomic E-state index is 0.173. The lowest BCUT2D eigenvalue weighted by Crippen LogP contribution is -2.39. The molecule has 0 saturated heterocycles. The summed E-state index contributed by atoms with van der Waals surface area (Å²) in [5.41, 5.74) is 0.229. The topological polar surface area (TPSA) is 55.4 Å². The van der Waals surface area contributed by atoms with E-state index in [-0.39, 0.29) is 12.3 Å². The van der Waals surface area contributed by atoms with E-state index in [4.69, 9.17) is 4.74 Å². The highest BCUT2D eigenvalue weighted by Crippen LogP contribution is 2.27. The third-order valence-corrected chi connectivity index (χ3v) is 2.94. The number of ether oxygens (including phenoxy) is 1. The van der Waals surface area contributed by atoms with E-state index in [0.29, 0.717) is 0 Å². The molecular formula is C14H18FNO3. The summed E-state index contributed by atoms with van der Waals surface area (Å²) in [5.74, 6) is -1.46. The van der Waals surface area contributed by atoms with Crippen LogP contribution >= 0.6 is 0 Å². The highest BCUT2D eigenvalue weighted by atomic mass is 19.1. The number of carbonyl (C=O) groups excluding carboxylic acids is 2. The average molecular weight is 267 g/mol. The number of ketones is 1. The largest absolute Gasteiger partial charge is 0.494 e. The Bertz CT molecular complexity index is 497. The molecule has 0 atom stereocenters. The van der Waals surface area contributed by atoms with Gasteiger partial charge in [0, 0.05) is 18.9 Å². The molecule has 1 aromatic rings. The van der Waals surface area contributed by atoms with E-state index >= 15 is 0 Å². The van der Waals surface area contributed by atoms with Crippen molar-refractivity contribution in [2.75, 3.05) is 13.7 Å². The molecule has 0 aromatic heterocycles. The van der Waals surface area contributed by atoms with Crippen LogP contribution in [0.5, 0.6) is 5.75 Å². The summed E-state index contributed by atoms with van der Waals surface area (Å²) in [7, 11) is 1.40. The molecule has 0 spiro atoms. The van der Waals surface area contributed by atoms with Crippen LogP contribution in [-0.2, 0) is 15.0 Å². The summed E-state index contributed by atoms with van der Waals surface area (Å²) in [4.78, 5) is 22.1. The van der Waals surface area contributed by atoms with Gasteiger partial charge in [-0.25, -0.2) is 4.39 Å². The van der Waals surface area contributed by atoms with Gasteiger partial charge in [0.2, 0.25) is 5.78 Å². The van der Waals surface area contributed by atoms with Crippen molar-refractivity contribution in [2.24, 2.45) is 0 Å². The predicted octanol–water partition coefficient (Wildman–Crippen LogP) is 1.82. The first-order valence-electron chi connectivity index (χ1n) is 5.90. The van der Waals surface area contributed by atoms with E-state index in [1.807, 2.05) is 13.8 Å². The van der Waals surface area contributed by atoms with Crippen LogP contribution in [0.4, 0.5) is 4.39 Å². The van der Waals surface area contributed by atoms with Gasteiger partial charge < -0.3 is 10.1 Å². The number of hydrogen-bond donors (Lipinski definition) is 1. The van der Waals surface area contributed by atoms with Gasteiger partial charge in [-0.1, -0.05) is 19.9 Å². The van der Waals surface area contributed by atoms with Crippen molar-refractivity contribution in [3.8, 4) is 5.75 Å². The number of amides is 1. The van der Waals surface area contributed by atoms with Crippen molar-refractivity contribution in [3.05, 3.63) is 29.6 Å². The van der Waals surface area contributed by atoms with Crippen LogP contribution in [0.1, 0.15) is 26.3 Å². The lowest BCUT2D eigenvalue weighted by atomic mass is 9.84. The highest BCUT2D eigenvalue weighted by Gasteiger charge is 2.23. The maximum Gasteiger partial charge on any atom is 0.287 e. The minimum Gasteiger partial charge on any atom is -0.494 e. The second-order valence-corrected chi connectivity index (χ2v) is 4.97. The van der Waals surface area contributed by atoms with Gasteiger partial charge in [-0.2, -0.15) is 0 Å². The monoisotopic (exact) mass is 267 g/mol. The van der Waals surface area contributed by atoms with E-state index in [1.54, 1.807) is 12.1 Å². The number of carbonyl (C=O) groups is 2. The Morgan fingerprint density at radius 1 is 1.37 bits per heavy atom. The number of rotatable bonds is 5. The van der Waals surface area contributed by atoms with Crippen molar-refractivity contribution in [1.82, 2.24) is 5.32 Å². The predicted molar refractivity (Wildman–Crippen MR) is 69.7 cm³/mol. The fourth-order valence-corrected chi connectivity index (χ4v) is 1.62. The number of hydrogen-bond acceptors (Lipinski definition) is 3. The van der Waals surface area contributed by atoms with Crippen LogP contribution in [-0.4, -0.2) is 25.3 Å². The summed E-state index contributed by atoms with van der Waals surface area (Å²) in [6.45, 7) is 5.16. The zero-order valence-electron chi connectivity index (χ0n) is 11.5. The summed E-state index contributed by atoms with van der Waals surface area (Å²) in [6, 6.07) is 4.65. The fraction of sp³-hybridized carbons (Fsp3) is 0.429. The first-order chi connectivity index (χ1) is 8.77. The van der Waals surface area contributed by atoms with Crippen molar-refractivity contribution < 1.29 is 18.7 Å². The van der Waals surface area contributed by atoms with Crippen LogP contribution in [0.15, 0.2) is 18.2 Å². The van der Waals surface area contributed by atoms with Crippen LogP contribution in [0.3, 0.4) is 0 Å². The molecule has 1 rings (SSSR count). The first kappa shape index (κ1) is 15.1. The number of halogens is 1. The Kier molecular flexibility index (Phi) is 4.64. The van der Waals surface area contributed by atoms with Crippen LogP contribution < -0.4 is 10.1 Å². The van der Waals surface area contributed by atoms with Crippen molar-refractivity contribution in [1.29, 1.82) is 0 Å². The maximum absolute atomic E-state index is 13.6. The normalized spacial score (nSPS) is 11.0.